The Morgan fingerprint density at radius 2 is 1.46 bits per heavy atom. The number of rotatable bonds is 12. The van der Waals surface area contributed by atoms with Crippen LogP contribution in [0, 0.1) is 5.41 Å². The van der Waals surface area contributed by atoms with E-state index in [4.69, 9.17) is 18.9 Å². The average molecular weight is 687 g/mol. The maximum atomic E-state index is 13.8. The van der Waals surface area contributed by atoms with Gasteiger partial charge in [-0.25, -0.2) is 0 Å². The molecule has 2 aromatic rings. The Bertz CT molecular complexity index is 1750. The number of nitrogens with zero attached hydrogens (tertiary/aromatic N) is 4. The summed E-state index contributed by atoms with van der Waals surface area (Å²) in [6, 6.07) is 6.50. The van der Waals surface area contributed by atoms with Gasteiger partial charge in [-0.05, 0) is 58.1 Å². The summed E-state index contributed by atoms with van der Waals surface area (Å²) in [6.45, 7) is 13.2. The number of benzene rings is 2. The normalized spacial score (nSPS) is 19.8. The number of unbranched alkanes of at least 4 members (excludes halogenated alkanes) is 2. The van der Waals surface area contributed by atoms with E-state index in [0.717, 1.165) is 24.0 Å². The highest BCUT2D eigenvalue weighted by molar-refractivity contribution is 6.08. The van der Waals surface area contributed by atoms with Gasteiger partial charge in [-0.1, -0.05) is 24.3 Å². The van der Waals surface area contributed by atoms with Gasteiger partial charge in [0.05, 0.1) is 74.0 Å². The van der Waals surface area contributed by atoms with Crippen LogP contribution in [-0.4, -0.2) is 105 Å². The molecule has 2 saturated heterocycles. The molecule has 2 fully saturated rings. The first-order valence-electron chi connectivity index (χ1n) is 17.1. The summed E-state index contributed by atoms with van der Waals surface area (Å²) >= 11 is 0. The van der Waals surface area contributed by atoms with E-state index in [9.17, 15) is 19.5 Å². The molecule has 0 aromatic heterocycles. The monoisotopic (exact) mass is 686 g/mol. The van der Waals surface area contributed by atoms with E-state index in [-0.39, 0.29) is 36.4 Å². The lowest BCUT2D eigenvalue weighted by atomic mass is 9.92. The van der Waals surface area contributed by atoms with Crippen LogP contribution in [0.4, 0.5) is 11.4 Å². The summed E-state index contributed by atoms with van der Waals surface area (Å²) in [6.07, 6.45) is 5.37. The van der Waals surface area contributed by atoms with Gasteiger partial charge >= 0.3 is 0 Å². The number of methoxy groups -OCH3 is 2. The highest BCUT2D eigenvalue weighted by Gasteiger charge is 2.43. The number of fused-ring (bicyclic) bond motifs is 4. The summed E-state index contributed by atoms with van der Waals surface area (Å²) in [4.78, 5) is 50.5. The van der Waals surface area contributed by atoms with Gasteiger partial charge in [-0.2, -0.15) is 0 Å². The number of anilines is 1. The molecule has 4 aliphatic rings. The molecular formula is C38H46N4O8. The van der Waals surface area contributed by atoms with Crippen LogP contribution in [0.3, 0.4) is 0 Å². The highest BCUT2D eigenvalue weighted by atomic mass is 16.5. The molecule has 2 aromatic carbocycles. The first kappa shape index (κ1) is 35.0. The molecule has 4 heterocycles. The van der Waals surface area contributed by atoms with Crippen molar-refractivity contribution in [3.63, 3.8) is 0 Å². The zero-order chi connectivity index (χ0) is 35.7. The number of ether oxygens (including phenoxy) is 4. The molecule has 0 bridgehead atoms. The molecule has 1 N–H and O–H groups in total. The quantitative estimate of drug-likeness (QED) is 0.245. The van der Waals surface area contributed by atoms with Crippen molar-refractivity contribution in [3.8, 4) is 23.0 Å². The summed E-state index contributed by atoms with van der Waals surface area (Å²) in [7, 11) is 3.07. The van der Waals surface area contributed by atoms with Gasteiger partial charge in [-0.15, -0.1) is 0 Å². The standard InChI is InChI=1S/C38H46N4O8/c1-23-12-25-18-39-29-16-33(31(47-5)14-27(29)35(44)40(25)19-23)49-10-8-7-9-11-50-34-17-30-28(15-32(34)48-6)36(45)41-20-24(2)13-26(41)21-42(30)37(46)38(3,4)22-43/h14-18,25-26,43H,1-2,7-13,19-22H2,3-6H3/t25-,26-/m0/s1. The van der Waals surface area contributed by atoms with Gasteiger partial charge < -0.3 is 38.8 Å². The summed E-state index contributed by atoms with van der Waals surface area (Å²) in [5.74, 6) is 1.26. The molecule has 0 unspecified atom stereocenters. The smallest absolute Gasteiger partial charge is 0.257 e. The Balaban J connectivity index is 1.09. The molecule has 12 nitrogen and oxygen atoms in total. The molecule has 4 aliphatic heterocycles. The van der Waals surface area contributed by atoms with Crippen LogP contribution < -0.4 is 23.8 Å². The van der Waals surface area contributed by atoms with Gasteiger partial charge in [0.2, 0.25) is 5.91 Å². The molecule has 50 heavy (non-hydrogen) atoms. The Morgan fingerprint density at radius 1 is 0.860 bits per heavy atom. The van der Waals surface area contributed by atoms with E-state index in [1.54, 1.807) is 66.1 Å². The Hall–Kier alpha value is -4.84. The van der Waals surface area contributed by atoms with Crippen molar-refractivity contribution in [3.05, 3.63) is 59.7 Å². The Kier molecular flexibility index (Phi) is 9.93. The number of carbonyl (C=O) groups excluding carboxylic acids is 3. The minimum Gasteiger partial charge on any atom is -0.493 e. The van der Waals surface area contributed by atoms with Crippen LogP contribution >= 0.6 is 0 Å². The van der Waals surface area contributed by atoms with Crippen molar-refractivity contribution in [1.82, 2.24) is 9.80 Å². The second-order valence-electron chi connectivity index (χ2n) is 14.0. The highest BCUT2D eigenvalue weighted by Crippen LogP contribution is 2.42. The number of hydrogen-bond acceptors (Lipinski definition) is 9. The molecule has 0 saturated carbocycles. The van der Waals surface area contributed by atoms with Crippen molar-refractivity contribution in [2.24, 2.45) is 10.4 Å². The van der Waals surface area contributed by atoms with Crippen LogP contribution in [0.5, 0.6) is 23.0 Å². The average Bonchev–Trinajstić information content (AvgIpc) is 3.62. The zero-order valence-electron chi connectivity index (χ0n) is 29.3. The van der Waals surface area contributed by atoms with Crippen molar-refractivity contribution >= 4 is 35.3 Å². The topological polar surface area (TPSA) is 130 Å². The van der Waals surface area contributed by atoms with Gasteiger partial charge in [0, 0.05) is 38.0 Å². The first-order chi connectivity index (χ1) is 23.9. The fraction of sp³-hybridized carbons (Fsp3) is 0.474. The Labute approximate surface area is 292 Å². The lowest BCUT2D eigenvalue weighted by Crippen LogP contribution is -2.47. The number of carbonyl (C=O) groups is 3. The molecule has 6 rings (SSSR count). The second-order valence-corrected chi connectivity index (χ2v) is 14.0. The fourth-order valence-electron chi connectivity index (χ4n) is 6.93. The van der Waals surface area contributed by atoms with E-state index >= 15 is 0 Å². The molecule has 266 valence electrons. The predicted molar refractivity (Wildman–Crippen MR) is 189 cm³/mol. The number of hydrogen-bond donors (Lipinski definition) is 1. The van der Waals surface area contributed by atoms with E-state index in [1.807, 2.05) is 0 Å². The van der Waals surface area contributed by atoms with E-state index in [1.165, 1.54) is 7.11 Å². The van der Waals surface area contributed by atoms with E-state index in [2.05, 4.69) is 18.2 Å². The fourth-order valence-corrected chi connectivity index (χ4v) is 6.93. The molecule has 0 spiro atoms. The van der Waals surface area contributed by atoms with Gasteiger partial charge in [0.25, 0.3) is 11.8 Å². The molecule has 12 heteroatoms. The van der Waals surface area contributed by atoms with Crippen molar-refractivity contribution in [2.45, 2.75) is 58.0 Å². The van der Waals surface area contributed by atoms with Crippen LogP contribution in [0.25, 0.3) is 0 Å². The molecule has 2 atom stereocenters. The molecule has 3 amide bonds. The van der Waals surface area contributed by atoms with Crippen LogP contribution in [-0.2, 0) is 4.79 Å². The van der Waals surface area contributed by atoms with Crippen LogP contribution in [0.15, 0.2) is 53.6 Å². The van der Waals surface area contributed by atoms with E-state index in [0.29, 0.717) is 97.6 Å². The minimum absolute atomic E-state index is 0.0911. The predicted octanol–water partition coefficient (Wildman–Crippen LogP) is 4.95. The SMILES string of the molecule is C=C1C[C@H]2CN(C(=O)C(C)(C)CO)c3cc(OCCCCCOc4cc5c(cc4OC)C(=O)N4CC(=C)C[C@H]4C=N5)c(OC)cc3C(=O)N2C1. The van der Waals surface area contributed by atoms with Crippen LogP contribution in [0.2, 0.25) is 0 Å². The number of aliphatic hydroxyl groups is 1. The number of aliphatic imine (C=N–C) groups is 1. The lowest BCUT2D eigenvalue weighted by Gasteiger charge is -2.32. The maximum absolute atomic E-state index is 13.8. The molecule has 0 aliphatic carbocycles. The number of aliphatic hydroxyl groups excluding tert-OH is 1. The zero-order valence-corrected chi connectivity index (χ0v) is 29.3. The third-order valence-corrected chi connectivity index (χ3v) is 9.79. The molecular weight excluding hydrogens is 640 g/mol. The third kappa shape index (κ3) is 6.68. The van der Waals surface area contributed by atoms with Gasteiger partial charge in [0.15, 0.2) is 23.0 Å². The van der Waals surface area contributed by atoms with E-state index < -0.39 is 5.41 Å². The minimum atomic E-state index is -1.05. The summed E-state index contributed by atoms with van der Waals surface area (Å²) in [5, 5.41) is 10.0. The third-order valence-electron chi connectivity index (χ3n) is 9.79. The summed E-state index contributed by atoms with van der Waals surface area (Å²) in [5.41, 5.74) is 2.73. The maximum Gasteiger partial charge on any atom is 0.257 e. The van der Waals surface area contributed by atoms with Crippen molar-refractivity contribution < 1.29 is 38.4 Å². The van der Waals surface area contributed by atoms with Crippen molar-refractivity contribution in [2.75, 3.05) is 58.6 Å². The second kappa shape index (κ2) is 14.2. The first-order valence-corrected chi connectivity index (χ1v) is 17.1. The number of amides is 3. The molecule has 0 radical (unpaired) electrons. The lowest BCUT2D eigenvalue weighted by molar-refractivity contribution is -0.128. The summed E-state index contributed by atoms with van der Waals surface area (Å²) < 4.78 is 23.5. The Morgan fingerprint density at radius 3 is 2.12 bits per heavy atom. The van der Waals surface area contributed by atoms with Crippen molar-refractivity contribution in [1.29, 1.82) is 0 Å². The van der Waals surface area contributed by atoms with Gasteiger partial charge in [0.1, 0.15) is 0 Å². The van der Waals surface area contributed by atoms with Gasteiger partial charge in [-0.3, -0.25) is 19.4 Å². The van der Waals surface area contributed by atoms with Crippen LogP contribution in [0.1, 0.15) is 66.7 Å². The largest absolute Gasteiger partial charge is 0.493 e.